The topological polar surface area (TPSA) is 87.7 Å². The van der Waals surface area contributed by atoms with Gasteiger partial charge in [-0.3, -0.25) is 4.79 Å². The summed E-state index contributed by atoms with van der Waals surface area (Å²) in [7, 11) is 0. The van der Waals surface area contributed by atoms with Crippen LogP contribution in [0.1, 0.15) is 22.8 Å². The summed E-state index contributed by atoms with van der Waals surface area (Å²) in [5.41, 5.74) is 0.985. The number of carboxylic acid groups (broad SMARTS) is 1. The molecule has 0 aliphatic carbocycles. The van der Waals surface area contributed by atoms with Gasteiger partial charge in [0.15, 0.2) is 0 Å². The second-order valence-electron chi connectivity index (χ2n) is 5.03. The summed E-state index contributed by atoms with van der Waals surface area (Å²) in [6.45, 7) is 4.05. The van der Waals surface area contributed by atoms with Crippen LogP contribution in [0.3, 0.4) is 0 Å². The monoisotopic (exact) mass is 292 g/mol. The third-order valence-corrected chi connectivity index (χ3v) is 3.52. The summed E-state index contributed by atoms with van der Waals surface area (Å²) in [4.78, 5) is 23.1. The number of hydrogen-bond acceptors (Lipinski definition) is 4. The lowest BCUT2D eigenvalue weighted by atomic mass is 10.0. The Morgan fingerprint density at radius 1 is 1.38 bits per heavy atom. The van der Waals surface area contributed by atoms with Crippen LogP contribution in [0.25, 0.3) is 0 Å². The molecule has 0 radical (unpaired) electrons. The summed E-state index contributed by atoms with van der Waals surface area (Å²) < 4.78 is 5.34. The van der Waals surface area contributed by atoms with E-state index < -0.39 is 5.97 Å². The number of benzene rings is 1. The van der Waals surface area contributed by atoms with Crippen LogP contribution < -0.4 is 10.6 Å². The molecule has 2 rings (SSSR count). The average Bonchev–Trinajstić information content (AvgIpc) is 2.94. The van der Waals surface area contributed by atoms with Gasteiger partial charge in [-0.15, -0.1) is 0 Å². The number of carboxylic acids is 1. The molecule has 3 N–H and O–H groups in total. The highest BCUT2D eigenvalue weighted by Gasteiger charge is 2.33. The van der Waals surface area contributed by atoms with Gasteiger partial charge >= 0.3 is 5.97 Å². The molecule has 1 aliphatic heterocycles. The minimum absolute atomic E-state index is 0.0420. The second-order valence-corrected chi connectivity index (χ2v) is 5.03. The van der Waals surface area contributed by atoms with Gasteiger partial charge in [0.05, 0.1) is 24.7 Å². The van der Waals surface area contributed by atoms with E-state index in [4.69, 9.17) is 9.84 Å². The van der Waals surface area contributed by atoms with E-state index in [0.717, 1.165) is 12.1 Å². The van der Waals surface area contributed by atoms with E-state index in [1.54, 1.807) is 18.2 Å². The van der Waals surface area contributed by atoms with E-state index >= 15 is 0 Å². The van der Waals surface area contributed by atoms with Crippen molar-refractivity contribution in [1.82, 2.24) is 10.6 Å². The van der Waals surface area contributed by atoms with Crippen molar-refractivity contribution in [2.75, 3.05) is 19.8 Å². The van der Waals surface area contributed by atoms with Crippen LogP contribution in [0.5, 0.6) is 0 Å². The first-order chi connectivity index (χ1) is 10.1. The van der Waals surface area contributed by atoms with Crippen molar-refractivity contribution in [3.05, 3.63) is 35.4 Å². The number of amides is 1. The molecule has 1 heterocycles. The Hall–Kier alpha value is -1.92. The minimum atomic E-state index is -0.973. The van der Waals surface area contributed by atoms with Gasteiger partial charge in [0.1, 0.15) is 0 Å². The second kappa shape index (κ2) is 7.19. The number of carbonyl (C=O) groups excluding carboxylic acids is 1. The highest BCUT2D eigenvalue weighted by molar-refractivity contribution is 5.87. The van der Waals surface area contributed by atoms with Crippen molar-refractivity contribution in [3.63, 3.8) is 0 Å². The first kappa shape index (κ1) is 15.5. The molecule has 0 spiro atoms. The van der Waals surface area contributed by atoms with E-state index in [0.29, 0.717) is 19.8 Å². The Morgan fingerprint density at radius 2 is 2.19 bits per heavy atom. The molecule has 0 aromatic heterocycles. The maximum Gasteiger partial charge on any atom is 0.335 e. The SMILES string of the molecule is CCNC1COCC1C(=O)NCc1cccc(C(=O)O)c1. The first-order valence-electron chi connectivity index (χ1n) is 7.03. The lowest BCUT2D eigenvalue weighted by Crippen LogP contribution is -2.43. The standard InChI is InChI=1S/C15H20N2O4/c1-2-16-13-9-21-8-12(13)14(18)17-7-10-4-3-5-11(6-10)15(19)20/h3-6,12-13,16H,2,7-9H2,1H3,(H,17,18)(H,19,20). The highest BCUT2D eigenvalue weighted by Crippen LogP contribution is 2.14. The molecule has 1 aromatic rings. The van der Waals surface area contributed by atoms with Gasteiger partial charge in [0, 0.05) is 12.6 Å². The molecule has 114 valence electrons. The molecule has 1 amide bonds. The summed E-state index contributed by atoms with van der Waals surface area (Å²) >= 11 is 0. The summed E-state index contributed by atoms with van der Waals surface area (Å²) in [5, 5.41) is 15.0. The van der Waals surface area contributed by atoms with Gasteiger partial charge in [-0.2, -0.15) is 0 Å². The van der Waals surface area contributed by atoms with Crippen LogP contribution in [-0.2, 0) is 16.1 Å². The zero-order valence-electron chi connectivity index (χ0n) is 12.0. The Labute approximate surface area is 123 Å². The van der Waals surface area contributed by atoms with Crippen LogP contribution in [0, 0.1) is 5.92 Å². The number of aromatic carboxylic acids is 1. The predicted octanol–water partition coefficient (Wildman–Crippen LogP) is 0.626. The predicted molar refractivity (Wildman–Crippen MR) is 77.0 cm³/mol. The molecule has 2 unspecified atom stereocenters. The summed E-state index contributed by atoms with van der Waals surface area (Å²) in [6, 6.07) is 6.60. The van der Waals surface area contributed by atoms with Gasteiger partial charge in [-0.1, -0.05) is 19.1 Å². The fourth-order valence-electron chi connectivity index (χ4n) is 2.41. The van der Waals surface area contributed by atoms with Crippen molar-refractivity contribution >= 4 is 11.9 Å². The number of ether oxygens (including phenoxy) is 1. The van der Waals surface area contributed by atoms with E-state index in [-0.39, 0.29) is 23.4 Å². The molecular weight excluding hydrogens is 272 g/mol. The van der Waals surface area contributed by atoms with Crippen molar-refractivity contribution in [2.45, 2.75) is 19.5 Å². The van der Waals surface area contributed by atoms with Crippen molar-refractivity contribution in [1.29, 1.82) is 0 Å². The molecule has 6 nitrogen and oxygen atoms in total. The maximum absolute atomic E-state index is 12.2. The molecule has 0 saturated carbocycles. The number of hydrogen-bond donors (Lipinski definition) is 3. The van der Waals surface area contributed by atoms with Crippen LogP contribution in [0.15, 0.2) is 24.3 Å². The van der Waals surface area contributed by atoms with E-state index in [1.165, 1.54) is 6.07 Å². The van der Waals surface area contributed by atoms with E-state index in [1.807, 2.05) is 6.92 Å². The van der Waals surface area contributed by atoms with E-state index in [2.05, 4.69) is 10.6 Å². The summed E-state index contributed by atoms with van der Waals surface area (Å²) in [6.07, 6.45) is 0. The van der Waals surface area contributed by atoms with Crippen molar-refractivity contribution in [2.24, 2.45) is 5.92 Å². The minimum Gasteiger partial charge on any atom is -0.478 e. The lowest BCUT2D eigenvalue weighted by molar-refractivity contribution is -0.125. The fourth-order valence-corrected chi connectivity index (χ4v) is 2.41. The van der Waals surface area contributed by atoms with Crippen LogP contribution >= 0.6 is 0 Å². The lowest BCUT2D eigenvalue weighted by Gasteiger charge is -2.17. The average molecular weight is 292 g/mol. The Morgan fingerprint density at radius 3 is 2.90 bits per heavy atom. The molecule has 0 bridgehead atoms. The smallest absolute Gasteiger partial charge is 0.335 e. The van der Waals surface area contributed by atoms with Crippen molar-refractivity contribution in [3.8, 4) is 0 Å². The number of rotatable bonds is 6. The number of nitrogens with one attached hydrogen (secondary N) is 2. The van der Waals surface area contributed by atoms with Crippen LogP contribution in [-0.4, -0.2) is 42.8 Å². The molecular formula is C15H20N2O4. The van der Waals surface area contributed by atoms with Gasteiger partial charge in [0.25, 0.3) is 0 Å². The third kappa shape index (κ3) is 4.03. The Kier molecular flexibility index (Phi) is 5.30. The van der Waals surface area contributed by atoms with E-state index in [9.17, 15) is 9.59 Å². The molecule has 2 atom stereocenters. The number of carbonyl (C=O) groups is 2. The van der Waals surface area contributed by atoms with Crippen LogP contribution in [0.4, 0.5) is 0 Å². The number of likely N-dealkylation sites (N-methyl/N-ethyl adjacent to an activating group) is 1. The zero-order chi connectivity index (χ0) is 15.2. The molecule has 1 aromatic carbocycles. The van der Waals surface area contributed by atoms with Gasteiger partial charge < -0.3 is 20.5 Å². The molecule has 21 heavy (non-hydrogen) atoms. The van der Waals surface area contributed by atoms with Gasteiger partial charge in [0.2, 0.25) is 5.91 Å². The van der Waals surface area contributed by atoms with Crippen LogP contribution in [0.2, 0.25) is 0 Å². The first-order valence-corrected chi connectivity index (χ1v) is 7.03. The Balaban J connectivity index is 1.91. The van der Waals surface area contributed by atoms with Gasteiger partial charge in [-0.05, 0) is 24.2 Å². The molecule has 6 heteroatoms. The largest absolute Gasteiger partial charge is 0.478 e. The third-order valence-electron chi connectivity index (χ3n) is 3.52. The van der Waals surface area contributed by atoms with Gasteiger partial charge in [-0.25, -0.2) is 4.79 Å². The maximum atomic E-state index is 12.2. The molecule has 1 fully saturated rings. The fraction of sp³-hybridized carbons (Fsp3) is 0.467. The highest BCUT2D eigenvalue weighted by atomic mass is 16.5. The quantitative estimate of drug-likeness (QED) is 0.715. The normalized spacial score (nSPS) is 21.2. The molecule has 1 aliphatic rings. The Bertz CT molecular complexity index is 518. The molecule has 1 saturated heterocycles. The van der Waals surface area contributed by atoms with Crippen molar-refractivity contribution < 1.29 is 19.4 Å². The summed E-state index contributed by atoms with van der Waals surface area (Å²) in [5.74, 6) is -1.24. The zero-order valence-corrected chi connectivity index (χ0v) is 12.0.